The van der Waals surface area contributed by atoms with Crippen LogP contribution in [0.25, 0.3) is 0 Å². The standard InChI is InChI=1S/C16H35BrN.BrH/c1-4-6-8-9-10-12-15-18(3,16-13-17)14-11-7-5-2;/h4-16H2,1-3H3;1H/q+1;/p-1. The summed E-state index contributed by atoms with van der Waals surface area (Å²) in [7, 11) is 2.45. The maximum atomic E-state index is 3.62. The molecule has 0 spiro atoms. The molecule has 0 rings (SSSR count). The van der Waals surface area contributed by atoms with Crippen molar-refractivity contribution in [3.63, 3.8) is 0 Å². The molecule has 3 heteroatoms. The number of nitrogens with zero attached hydrogens (tertiary/aromatic N) is 1. The summed E-state index contributed by atoms with van der Waals surface area (Å²) >= 11 is 3.62. The van der Waals surface area contributed by atoms with E-state index in [2.05, 4.69) is 36.8 Å². The van der Waals surface area contributed by atoms with Gasteiger partial charge < -0.3 is 21.5 Å². The summed E-state index contributed by atoms with van der Waals surface area (Å²) in [5.41, 5.74) is 0. The molecule has 0 saturated heterocycles. The van der Waals surface area contributed by atoms with E-state index in [0.717, 1.165) is 5.33 Å². The number of hydrogen-bond donors (Lipinski definition) is 0. The van der Waals surface area contributed by atoms with Crippen LogP contribution in [0, 0.1) is 0 Å². The molecule has 0 aliphatic rings. The van der Waals surface area contributed by atoms with Crippen molar-refractivity contribution in [3.05, 3.63) is 0 Å². The van der Waals surface area contributed by atoms with Gasteiger partial charge in [-0.3, -0.25) is 0 Å². The minimum atomic E-state index is 0. The maximum absolute atomic E-state index is 3.62. The Hall–Kier alpha value is 0.920. The summed E-state index contributed by atoms with van der Waals surface area (Å²) in [4.78, 5) is 0. The highest BCUT2D eigenvalue weighted by Crippen LogP contribution is 2.12. The molecule has 0 amide bonds. The SMILES string of the molecule is CCCCCCCC[N+](C)(CCBr)CCCCC.[Br-]. The lowest BCUT2D eigenvalue weighted by atomic mass is 10.1. The molecule has 0 bridgehead atoms. The van der Waals surface area contributed by atoms with E-state index in [9.17, 15) is 0 Å². The minimum Gasteiger partial charge on any atom is -1.00 e. The Labute approximate surface area is 141 Å². The number of hydrogen-bond acceptors (Lipinski definition) is 0. The lowest BCUT2D eigenvalue weighted by Gasteiger charge is -2.34. The number of halogens is 2. The summed E-state index contributed by atoms with van der Waals surface area (Å²) in [6, 6.07) is 0. The molecule has 0 aliphatic carbocycles. The van der Waals surface area contributed by atoms with E-state index in [-0.39, 0.29) is 17.0 Å². The third kappa shape index (κ3) is 13.7. The lowest BCUT2D eigenvalue weighted by molar-refractivity contribution is -0.907. The molecule has 0 radical (unpaired) electrons. The fourth-order valence-electron chi connectivity index (χ4n) is 2.56. The van der Waals surface area contributed by atoms with Crippen molar-refractivity contribution in [3.8, 4) is 0 Å². The van der Waals surface area contributed by atoms with Gasteiger partial charge in [-0.1, -0.05) is 61.9 Å². The molecular weight excluding hydrogens is 366 g/mol. The van der Waals surface area contributed by atoms with E-state index < -0.39 is 0 Å². The number of rotatable bonds is 13. The molecule has 0 saturated carbocycles. The minimum absolute atomic E-state index is 0. The van der Waals surface area contributed by atoms with Gasteiger partial charge in [0.05, 0.1) is 32.0 Å². The van der Waals surface area contributed by atoms with E-state index >= 15 is 0 Å². The van der Waals surface area contributed by atoms with Gasteiger partial charge >= 0.3 is 0 Å². The molecule has 1 atom stereocenters. The summed E-state index contributed by atoms with van der Waals surface area (Å²) in [6.07, 6.45) is 12.6. The highest BCUT2D eigenvalue weighted by atomic mass is 79.9. The van der Waals surface area contributed by atoms with Crippen LogP contribution in [0.4, 0.5) is 0 Å². The molecule has 0 aliphatic heterocycles. The molecule has 0 aromatic carbocycles. The quantitative estimate of drug-likeness (QED) is 0.253. The van der Waals surface area contributed by atoms with Crippen molar-refractivity contribution in [2.75, 3.05) is 32.0 Å². The highest BCUT2D eigenvalue weighted by molar-refractivity contribution is 9.09. The molecule has 0 aromatic rings. The van der Waals surface area contributed by atoms with Crippen molar-refractivity contribution in [2.45, 2.75) is 71.6 Å². The topological polar surface area (TPSA) is 0 Å². The Morgan fingerprint density at radius 2 is 1.11 bits per heavy atom. The Bertz CT molecular complexity index is 176. The Morgan fingerprint density at radius 1 is 0.684 bits per heavy atom. The van der Waals surface area contributed by atoms with Gasteiger partial charge in [-0.2, -0.15) is 0 Å². The number of alkyl halides is 1. The van der Waals surface area contributed by atoms with E-state index in [1.165, 1.54) is 81.9 Å². The van der Waals surface area contributed by atoms with Crippen molar-refractivity contribution < 1.29 is 21.5 Å². The maximum Gasteiger partial charge on any atom is 0.0883 e. The molecule has 0 aromatic heterocycles. The van der Waals surface area contributed by atoms with Crippen LogP contribution in [0.5, 0.6) is 0 Å². The molecule has 0 heterocycles. The van der Waals surface area contributed by atoms with Crippen molar-refractivity contribution in [1.82, 2.24) is 0 Å². The average Bonchev–Trinajstić information content (AvgIpc) is 2.34. The number of quaternary nitrogens is 1. The van der Waals surface area contributed by atoms with Crippen molar-refractivity contribution in [1.29, 1.82) is 0 Å². The van der Waals surface area contributed by atoms with E-state index in [0.29, 0.717) is 0 Å². The van der Waals surface area contributed by atoms with Gasteiger partial charge in [0.25, 0.3) is 0 Å². The second kappa shape index (κ2) is 15.3. The van der Waals surface area contributed by atoms with Crippen LogP contribution in [0.3, 0.4) is 0 Å². The van der Waals surface area contributed by atoms with Gasteiger partial charge in [-0.15, -0.1) is 0 Å². The van der Waals surface area contributed by atoms with E-state index in [1.54, 1.807) is 0 Å². The van der Waals surface area contributed by atoms with Crippen molar-refractivity contribution >= 4 is 15.9 Å². The van der Waals surface area contributed by atoms with Crippen LogP contribution in [0.15, 0.2) is 0 Å². The fraction of sp³-hybridized carbons (Fsp3) is 1.00. The third-order valence-corrected chi connectivity index (χ3v) is 4.33. The normalized spacial score (nSPS) is 13.9. The number of unbranched alkanes of at least 4 members (excludes halogenated alkanes) is 7. The molecule has 19 heavy (non-hydrogen) atoms. The zero-order valence-electron chi connectivity index (χ0n) is 13.4. The van der Waals surface area contributed by atoms with Gasteiger partial charge in [-0.05, 0) is 25.7 Å². The predicted octanol–water partition coefficient (Wildman–Crippen LogP) is 2.38. The van der Waals surface area contributed by atoms with Gasteiger partial charge in [-0.25, -0.2) is 0 Å². The summed E-state index contributed by atoms with van der Waals surface area (Å²) in [6.45, 7) is 8.62. The smallest absolute Gasteiger partial charge is 0.0883 e. The van der Waals surface area contributed by atoms with E-state index in [1.807, 2.05) is 0 Å². The van der Waals surface area contributed by atoms with Crippen LogP contribution in [-0.2, 0) is 0 Å². The zero-order valence-corrected chi connectivity index (χ0v) is 16.6. The largest absolute Gasteiger partial charge is 1.00 e. The van der Waals surface area contributed by atoms with Crippen LogP contribution in [0.2, 0.25) is 0 Å². The lowest BCUT2D eigenvalue weighted by Crippen LogP contribution is -3.00. The first-order chi connectivity index (χ1) is 8.68. The second-order valence-corrected chi connectivity index (χ2v) is 6.75. The summed E-state index contributed by atoms with van der Waals surface area (Å²) in [5.74, 6) is 0. The second-order valence-electron chi connectivity index (χ2n) is 5.95. The van der Waals surface area contributed by atoms with Crippen molar-refractivity contribution in [2.24, 2.45) is 0 Å². The predicted molar refractivity (Wildman–Crippen MR) is 87.5 cm³/mol. The Kier molecular flexibility index (Phi) is 17.9. The highest BCUT2D eigenvalue weighted by Gasteiger charge is 2.19. The Morgan fingerprint density at radius 3 is 1.63 bits per heavy atom. The van der Waals surface area contributed by atoms with Crippen LogP contribution in [-0.4, -0.2) is 36.5 Å². The molecule has 1 unspecified atom stereocenters. The van der Waals surface area contributed by atoms with Crippen LogP contribution in [0.1, 0.15) is 71.6 Å². The first kappa shape index (κ1) is 22.2. The first-order valence-electron chi connectivity index (χ1n) is 8.08. The van der Waals surface area contributed by atoms with E-state index in [4.69, 9.17) is 0 Å². The van der Waals surface area contributed by atoms with Crippen LogP contribution < -0.4 is 17.0 Å². The molecule has 1 nitrogen and oxygen atoms in total. The molecule has 0 N–H and O–H groups in total. The summed E-state index contributed by atoms with van der Waals surface area (Å²) < 4.78 is 1.28. The Balaban J connectivity index is 0. The summed E-state index contributed by atoms with van der Waals surface area (Å²) in [5, 5.41) is 1.14. The van der Waals surface area contributed by atoms with Gasteiger partial charge in [0.15, 0.2) is 0 Å². The monoisotopic (exact) mass is 399 g/mol. The first-order valence-corrected chi connectivity index (χ1v) is 9.20. The molecular formula is C16H35Br2N. The fourth-order valence-corrected chi connectivity index (χ4v) is 3.41. The van der Waals surface area contributed by atoms with Gasteiger partial charge in [0.1, 0.15) is 0 Å². The third-order valence-electron chi connectivity index (χ3n) is 3.98. The molecule has 118 valence electrons. The van der Waals surface area contributed by atoms with Gasteiger partial charge in [0.2, 0.25) is 0 Å². The average molecular weight is 401 g/mol. The van der Waals surface area contributed by atoms with Gasteiger partial charge in [0, 0.05) is 0 Å². The zero-order chi connectivity index (χ0) is 13.7. The molecule has 0 fully saturated rings. The van der Waals surface area contributed by atoms with Crippen LogP contribution >= 0.6 is 15.9 Å².